The lowest BCUT2D eigenvalue weighted by Crippen LogP contribution is -2.09. The largest absolute Gasteiger partial charge is 0.497 e. The molecule has 0 aliphatic heterocycles. The average molecular weight is 360 g/mol. The zero-order chi connectivity index (χ0) is 18.9. The van der Waals surface area contributed by atoms with Crippen molar-refractivity contribution in [3.8, 4) is 17.1 Å². The Morgan fingerprint density at radius 3 is 2.33 bits per heavy atom. The molecule has 1 aromatic heterocycles. The lowest BCUT2D eigenvalue weighted by molar-refractivity contribution is 0.414. The molecule has 0 amide bonds. The highest BCUT2D eigenvalue weighted by molar-refractivity contribution is 5.61. The third-order valence-electron chi connectivity index (χ3n) is 4.06. The highest BCUT2D eigenvalue weighted by Crippen LogP contribution is 2.20. The second-order valence-electron chi connectivity index (χ2n) is 6.02. The smallest absolute Gasteiger partial charge is 0.163 e. The highest BCUT2D eigenvalue weighted by Gasteiger charge is 2.06. The summed E-state index contributed by atoms with van der Waals surface area (Å²) in [5, 5.41) is 6.64. The van der Waals surface area contributed by atoms with E-state index in [9.17, 15) is 0 Å². The first-order chi connectivity index (χ1) is 13.3. The number of hydrogen-bond acceptors (Lipinski definition) is 5. The van der Waals surface area contributed by atoms with Crippen LogP contribution in [0.2, 0.25) is 0 Å². The van der Waals surface area contributed by atoms with Gasteiger partial charge in [-0.05, 0) is 24.1 Å². The minimum atomic E-state index is 0.649. The molecule has 0 saturated carbocycles. The molecule has 0 aliphatic rings. The van der Waals surface area contributed by atoms with Crippen LogP contribution in [-0.2, 0) is 6.42 Å². The average Bonchev–Trinajstić information content (AvgIpc) is 2.73. The Kier molecular flexibility index (Phi) is 6.41. The summed E-state index contributed by atoms with van der Waals surface area (Å²) in [5.41, 5.74) is 2.23. The highest BCUT2D eigenvalue weighted by atomic mass is 16.5. The van der Waals surface area contributed by atoms with Gasteiger partial charge in [0, 0.05) is 24.7 Å². The lowest BCUT2D eigenvalue weighted by atomic mass is 10.1. The fourth-order valence-corrected chi connectivity index (χ4v) is 2.65. The van der Waals surface area contributed by atoms with Gasteiger partial charge < -0.3 is 15.4 Å². The van der Waals surface area contributed by atoms with E-state index in [1.807, 2.05) is 48.5 Å². The van der Waals surface area contributed by atoms with Gasteiger partial charge in [0.25, 0.3) is 0 Å². The van der Waals surface area contributed by atoms with Gasteiger partial charge in [0.1, 0.15) is 17.4 Å². The maximum absolute atomic E-state index is 5.20. The van der Waals surface area contributed by atoms with Gasteiger partial charge in [0.05, 0.1) is 7.11 Å². The minimum absolute atomic E-state index is 0.649. The van der Waals surface area contributed by atoms with Crippen molar-refractivity contribution in [1.82, 2.24) is 9.97 Å². The van der Waals surface area contributed by atoms with Crippen LogP contribution in [0.4, 0.5) is 11.6 Å². The maximum Gasteiger partial charge on any atom is 0.163 e. The molecule has 5 heteroatoms. The molecule has 0 bridgehead atoms. The number of aromatic nitrogens is 2. The first kappa shape index (κ1) is 18.5. The van der Waals surface area contributed by atoms with Gasteiger partial charge in [0.15, 0.2) is 5.82 Å². The Morgan fingerprint density at radius 1 is 0.963 bits per heavy atom. The van der Waals surface area contributed by atoms with Crippen molar-refractivity contribution in [2.45, 2.75) is 6.42 Å². The van der Waals surface area contributed by atoms with Crippen LogP contribution in [0.5, 0.6) is 5.75 Å². The van der Waals surface area contributed by atoms with Gasteiger partial charge in [-0.2, -0.15) is 0 Å². The van der Waals surface area contributed by atoms with Crippen molar-refractivity contribution in [3.63, 3.8) is 0 Å². The van der Waals surface area contributed by atoms with E-state index in [2.05, 4.69) is 39.3 Å². The summed E-state index contributed by atoms with van der Waals surface area (Å²) >= 11 is 0. The van der Waals surface area contributed by atoms with E-state index in [-0.39, 0.29) is 0 Å². The molecule has 138 valence electrons. The molecule has 5 nitrogen and oxygen atoms in total. The summed E-state index contributed by atoms with van der Waals surface area (Å²) < 4.78 is 5.20. The molecular weight excluding hydrogens is 336 g/mol. The zero-order valence-corrected chi connectivity index (χ0v) is 15.5. The second-order valence-corrected chi connectivity index (χ2v) is 6.02. The molecule has 0 unspecified atom stereocenters. The number of ether oxygens (including phenoxy) is 1. The van der Waals surface area contributed by atoms with Crippen LogP contribution in [-0.4, -0.2) is 30.2 Å². The lowest BCUT2D eigenvalue weighted by Gasteiger charge is -2.11. The molecule has 0 radical (unpaired) electrons. The number of anilines is 2. The Balaban J connectivity index is 1.71. The summed E-state index contributed by atoms with van der Waals surface area (Å²) in [6, 6.07) is 20.0. The van der Waals surface area contributed by atoms with Crippen LogP contribution in [0, 0.1) is 0 Å². The predicted molar refractivity (Wildman–Crippen MR) is 111 cm³/mol. The molecular formula is C22H24N4O. The molecule has 2 aromatic carbocycles. The Hall–Kier alpha value is -3.34. The van der Waals surface area contributed by atoms with Crippen LogP contribution in [0.25, 0.3) is 11.4 Å². The van der Waals surface area contributed by atoms with E-state index in [1.165, 1.54) is 5.56 Å². The van der Waals surface area contributed by atoms with Crippen molar-refractivity contribution in [2.75, 3.05) is 30.8 Å². The quantitative estimate of drug-likeness (QED) is 0.554. The number of hydrogen-bond donors (Lipinski definition) is 2. The van der Waals surface area contributed by atoms with E-state index in [0.29, 0.717) is 12.4 Å². The van der Waals surface area contributed by atoms with Crippen molar-refractivity contribution in [3.05, 3.63) is 78.9 Å². The van der Waals surface area contributed by atoms with Crippen LogP contribution >= 0.6 is 0 Å². The van der Waals surface area contributed by atoms with Crippen molar-refractivity contribution >= 4 is 11.6 Å². The topological polar surface area (TPSA) is 59.1 Å². The van der Waals surface area contributed by atoms with Crippen molar-refractivity contribution < 1.29 is 4.74 Å². The van der Waals surface area contributed by atoms with Crippen LogP contribution in [0.1, 0.15) is 5.56 Å². The van der Waals surface area contributed by atoms with Gasteiger partial charge in [-0.1, -0.05) is 48.5 Å². The number of nitrogens with one attached hydrogen (secondary N) is 2. The van der Waals surface area contributed by atoms with E-state index < -0.39 is 0 Å². The molecule has 0 saturated heterocycles. The third-order valence-corrected chi connectivity index (χ3v) is 4.06. The van der Waals surface area contributed by atoms with E-state index in [4.69, 9.17) is 4.74 Å². The summed E-state index contributed by atoms with van der Waals surface area (Å²) in [4.78, 5) is 9.26. The second kappa shape index (κ2) is 9.38. The molecule has 27 heavy (non-hydrogen) atoms. The minimum Gasteiger partial charge on any atom is -0.497 e. The van der Waals surface area contributed by atoms with Crippen LogP contribution < -0.4 is 15.4 Å². The van der Waals surface area contributed by atoms with E-state index >= 15 is 0 Å². The van der Waals surface area contributed by atoms with Crippen LogP contribution in [0.15, 0.2) is 73.3 Å². The molecule has 0 atom stereocenters. The molecule has 3 rings (SSSR count). The van der Waals surface area contributed by atoms with Gasteiger partial charge in [-0.3, -0.25) is 0 Å². The molecule has 0 aliphatic carbocycles. The Bertz CT molecular complexity index is 863. The fraction of sp³-hybridized carbons (Fsp3) is 0.182. The summed E-state index contributed by atoms with van der Waals surface area (Å²) in [6.07, 6.45) is 2.70. The van der Waals surface area contributed by atoms with Crippen molar-refractivity contribution in [1.29, 1.82) is 0 Å². The van der Waals surface area contributed by atoms with E-state index in [0.717, 1.165) is 35.9 Å². The summed E-state index contributed by atoms with van der Waals surface area (Å²) in [6.45, 7) is 5.17. The van der Waals surface area contributed by atoms with Crippen LogP contribution in [0.3, 0.4) is 0 Å². The number of methoxy groups -OCH3 is 1. The standard InChI is InChI=1S/C22H24N4O/c1-3-14-23-20-16-21(26-22(25-20)18-7-5-4-6-8-18)24-15-13-17-9-11-19(27-2)12-10-17/h3-12,16H,1,13-15H2,2H3,(H2,23,24,25,26). The van der Waals surface area contributed by atoms with Gasteiger partial charge in [-0.25, -0.2) is 9.97 Å². The molecule has 0 spiro atoms. The summed E-state index contributed by atoms with van der Waals surface area (Å²) in [7, 11) is 1.67. The first-order valence-corrected chi connectivity index (χ1v) is 8.94. The first-order valence-electron chi connectivity index (χ1n) is 8.94. The molecule has 0 fully saturated rings. The third kappa shape index (κ3) is 5.31. The maximum atomic E-state index is 5.20. The predicted octanol–water partition coefficient (Wildman–Crippen LogP) is 4.40. The Morgan fingerprint density at radius 2 is 1.67 bits per heavy atom. The van der Waals surface area contributed by atoms with Crippen molar-refractivity contribution in [2.24, 2.45) is 0 Å². The Labute approximate surface area is 160 Å². The number of nitrogens with zero attached hydrogens (tertiary/aromatic N) is 2. The zero-order valence-electron chi connectivity index (χ0n) is 15.5. The molecule has 1 heterocycles. The summed E-state index contributed by atoms with van der Waals surface area (Å²) in [5.74, 6) is 3.13. The monoisotopic (exact) mass is 360 g/mol. The van der Waals surface area contributed by atoms with Gasteiger partial charge in [0.2, 0.25) is 0 Å². The van der Waals surface area contributed by atoms with Gasteiger partial charge in [-0.15, -0.1) is 6.58 Å². The van der Waals surface area contributed by atoms with Gasteiger partial charge >= 0.3 is 0 Å². The molecule has 3 aromatic rings. The SMILES string of the molecule is C=CCNc1cc(NCCc2ccc(OC)cc2)nc(-c2ccccc2)n1. The molecule has 2 N–H and O–H groups in total. The normalized spacial score (nSPS) is 10.3. The fourth-order valence-electron chi connectivity index (χ4n) is 2.65. The number of benzene rings is 2. The van der Waals surface area contributed by atoms with E-state index in [1.54, 1.807) is 13.2 Å². The number of rotatable bonds is 9.